The highest BCUT2D eigenvalue weighted by molar-refractivity contribution is 8.00. The first-order chi connectivity index (χ1) is 10.9. The first-order valence-corrected chi connectivity index (χ1v) is 9.13. The number of thiazole rings is 1. The van der Waals surface area contributed by atoms with Crippen LogP contribution in [-0.2, 0) is 11.2 Å². The third-order valence-corrected chi connectivity index (χ3v) is 5.05. The van der Waals surface area contributed by atoms with E-state index >= 15 is 0 Å². The number of carbonyl (C=O) groups excluding carboxylic acids is 1. The van der Waals surface area contributed by atoms with Crippen molar-refractivity contribution < 1.29 is 4.79 Å². The van der Waals surface area contributed by atoms with Crippen LogP contribution >= 0.6 is 23.1 Å². The summed E-state index contributed by atoms with van der Waals surface area (Å²) in [6.07, 6.45) is 1.72. The molecule has 2 N–H and O–H groups in total. The molecule has 0 aliphatic carbocycles. The van der Waals surface area contributed by atoms with Crippen molar-refractivity contribution in [3.63, 3.8) is 0 Å². The smallest absolute Gasteiger partial charge is 0.251 e. The van der Waals surface area contributed by atoms with E-state index in [1.165, 1.54) is 17.8 Å². The standard InChI is InChI=1S/C15H20N4O2S2/c1-9-7-12(20)19-15(18-9)23-11(3)14(21)16-6-4-5-13-17-10(2)8-22-13/h7-8,11H,4-6H2,1-3H3,(H,16,21)(H,18,19,20)/t11-/m0/s1. The number of aromatic nitrogens is 3. The topological polar surface area (TPSA) is 87.7 Å². The molecule has 2 aromatic rings. The fraction of sp³-hybridized carbons (Fsp3) is 0.467. The Morgan fingerprint density at radius 1 is 1.39 bits per heavy atom. The molecule has 0 aliphatic heterocycles. The number of nitrogens with one attached hydrogen (secondary N) is 2. The minimum absolute atomic E-state index is 0.0607. The van der Waals surface area contributed by atoms with Gasteiger partial charge in [0.25, 0.3) is 5.56 Å². The first-order valence-electron chi connectivity index (χ1n) is 7.37. The molecular weight excluding hydrogens is 332 g/mol. The average Bonchev–Trinajstić information content (AvgIpc) is 2.87. The number of aryl methyl sites for hydroxylation is 3. The second-order valence-corrected chi connectivity index (χ2v) is 7.50. The largest absolute Gasteiger partial charge is 0.355 e. The number of thioether (sulfide) groups is 1. The van der Waals surface area contributed by atoms with E-state index in [0.717, 1.165) is 23.5 Å². The summed E-state index contributed by atoms with van der Waals surface area (Å²) in [6, 6.07) is 1.43. The second-order valence-electron chi connectivity index (χ2n) is 5.23. The number of aromatic amines is 1. The maximum atomic E-state index is 12.1. The van der Waals surface area contributed by atoms with Gasteiger partial charge in [-0.15, -0.1) is 11.3 Å². The van der Waals surface area contributed by atoms with Gasteiger partial charge in [0, 0.05) is 35.8 Å². The van der Waals surface area contributed by atoms with Crippen molar-refractivity contribution in [1.29, 1.82) is 0 Å². The van der Waals surface area contributed by atoms with Gasteiger partial charge in [0.2, 0.25) is 5.91 Å². The van der Waals surface area contributed by atoms with Crippen LogP contribution in [0.3, 0.4) is 0 Å². The summed E-state index contributed by atoms with van der Waals surface area (Å²) in [6.45, 7) is 6.14. The number of amides is 1. The van der Waals surface area contributed by atoms with Gasteiger partial charge >= 0.3 is 0 Å². The molecular formula is C15H20N4O2S2. The summed E-state index contributed by atoms with van der Waals surface area (Å²) in [4.78, 5) is 34.7. The molecule has 124 valence electrons. The van der Waals surface area contributed by atoms with Crippen LogP contribution in [0.5, 0.6) is 0 Å². The zero-order valence-corrected chi connectivity index (χ0v) is 15.0. The quantitative estimate of drug-likeness (QED) is 0.452. The van der Waals surface area contributed by atoms with E-state index in [4.69, 9.17) is 0 Å². The zero-order valence-electron chi connectivity index (χ0n) is 13.4. The average molecular weight is 352 g/mol. The van der Waals surface area contributed by atoms with E-state index in [1.54, 1.807) is 25.2 Å². The van der Waals surface area contributed by atoms with E-state index in [-0.39, 0.29) is 16.7 Å². The van der Waals surface area contributed by atoms with Crippen LogP contribution in [0.4, 0.5) is 0 Å². The highest BCUT2D eigenvalue weighted by Crippen LogP contribution is 2.18. The van der Waals surface area contributed by atoms with Crippen molar-refractivity contribution in [3.05, 3.63) is 38.2 Å². The highest BCUT2D eigenvalue weighted by Gasteiger charge is 2.15. The van der Waals surface area contributed by atoms with Crippen molar-refractivity contribution in [2.24, 2.45) is 0 Å². The van der Waals surface area contributed by atoms with Gasteiger partial charge in [0.15, 0.2) is 5.16 Å². The van der Waals surface area contributed by atoms with Crippen LogP contribution in [0.15, 0.2) is 21.4 Å². The van der Waals surface area contributed by atoms with Gasteiger partial charge in [-0.1, -0.05) is 11.8 Å². The van der Waals surface area contributed by atoms with E-state index in [1.807, 2.05) is 12.3 Å². The SMILES string of the molecule is Cc1cc(=O)[nH]c(S[C@@H](C)C(=O)NCCCc2nc(C)cs2)n1. The molecule has 2 aromatic heterocycles. The van der Waals surface area contributed by atoms with Gasteiger partial charge in [0.1, 0.15) is 0 Å². The molecule has 0 saturated heterocycles. The van der Waals surface area contributed by atoms with E-state index in [0.29, 0.717) is 17.4 Å². The summed E-state index contributed by atoms with van der Waals surface area (Å²) in [7, 11) is 0. The van der Waals surface area contributed by atoms with Crippen LogP contribution in [0, 0.1) is 13.8 Å². The lowest BCUT2D eigenvalue weighted by Crippen LogP contribution is -2.32. The molecule has 0 bridgehead atoms. The summed E-state index contributed by atoms with van der Waals surface area (Å²) >= 11 is 2.90. The Bertz CT molecular complexity index is 726. The Balaban J connectivity index is 1.75. The number of rotatable bonds is 7. The molecule has 2 rings (SSSR count). The Morgan fingerprint density at radius 3 is 2.83 bits per heavy atom. The van der Waals surface area contributed by atoms with Gasteiger partial charge in [-0.05, 0) is 27.2 Å². The van der Waals surface area contributed by atoms with E-state index < -0.39 is 0 Å². The lowest BCUT2D eigenvalue weighted by molar-refractivity contribution is -0.120. The molecule has 23 heavy (non-hydrogen) atoms. The molecule has 0 aliphatic rings. The van der Waals surface area contributed by atoms with Gasteiger partial charge < -0.3 is 10.3 Å². The zero-order chi connectivity index (χ0) is 16.8. The third kappa shape index (κ3) is 5.80. The van der Waals surface area contributed by atoms with Crippen molar-refractivity contribution in [3.8, 4) is 0 Å². The predicted octanol–water partition coefficient (Wildman–Crippen LogP) is 2.07. The summed E-state index contributed by atoms with van der Waals surface area (Å²) in [5.41, 5.74) is 1.48. The number of nitrogens with zero attached hydrogens (tertiary/aromatic N) is 2. The monoisotopic (exact) mass is 352 g/mol. The molecule has 2 heterocycles. The Morgan fingerprint density at radius 2 is 2.17 bits per heavy atom. The van der Waals surface area contributed by atoms with Crippen molar-refractivity contribution >= 4 is 29.0 Å². The fourth-order valence-electron chi connectivity index (χ4n) is 1.94. The normalized spacial score (nSPS) is 12.1. The maximum Gasteiger partial charge on any atom is 0.251 e. The first kappa shape index (κ1) is 17.7. The number of H-pyrrole nitrogens is 1. The number of hydrogen-bond acceptors (Lipinski definition) is 6. The molecule has 1 amide bonds. The molecule has 0 saturated carbocycles. The van der Waals surface area contributed by atoms with Gasteiger partial charge in [0.05, 0.1) is 10.3 Å². The van der Waals surface area contributed by atoms with Crippen LogP contribution in [0.25, 0.3) is 0 Å². The Labute approximate surface area is 143 Å². The van der Waals surface area contributed by atoms with Gasteiger partial charge in [-0.25, -0.2) is 9.97 Å². The predicted molar refractivity (Wildman–Crippen MR) is 93.1 cm³/mol. The molecule has 0 spiro atoms. The third-order valence-electron chi connectivity index (χ3n) is 3.04. The maximum absolute atomic E-state index is 12.1. The lowest BCUT2D eigenvalue weighted by atomic mass is 10.3. The summed E-state index contributed by atoms with van der Waals surface area (Å²) < 4.78 is 0. The molecule has 0 radical (unpaired) electrons. The molecule has 0 fully saturated rings. The van der Waals surface area contributed by atoms with Gasteiger partial charge in [-0.2, -0.15) is 0 Å². The summed E-state index contributed by atoms with van der Waals surface area (Å²) in [5, 5.41) is 6.19. The number of carbonyl (C=O) groups is 1. The van der Waals surface area contributed by atoms with Crippen molar-refractivity contribution in [2.45, 2.75) is 44.0 Å². The Kier molecular flexibility index (Phi) is 6.35. The van der Waals surface area contributed by atoms with Crippen LogP contribution in [0.1, 0.15) is 29.7 Å². The van der Waals surface area contributed by atoms with E-state index in [2.05, 4.69) is 20.3 Å². The van der Waals surface area contributed by atoms with Crippen molar-refractivity contribution in [2.75, 3.05) is 6.54 Å². The van der Waals surface area contributed by atoms with E-state index in [9.17, 15) is 9.59 Å². The Hall–Kier alpha value is -1.67. The second kappa shape index (κ2) is 8.26. The van der Waals surface area contributed by atoms with Crippen LogP contribution in [0.2, 0.25) is 0 Å². The fourth-order valence-corrected chi connectivity index (χ4v) is 3.64. The molecule has 6 nitrogen and oxygen atoms in total. The molecule has 8 heteroatoms. The molecule has 0 unspecified atom stereocenters. The molecule has 1 atom stereocenters. The minimum Gasteiger partial charge on any atom is -0.355 e. The van der Waals surface area contributed by atoms with Gasteiger partial charge in [-0.3, -0.25) is 9.59 Å². The highest BCUT2D eigenvalue weighted by atomic mass is 32.2. The van der Waals surface area contributed by atoms with Crippen LogP contribution in [-0.4, -0.2) is 32.7 Å². The van der Waals surface area contributed by atoms with Crippen LogP contribution < -0.4 is 10.9 Å². The number of hydrogen-bond donors (Lipinski definition) is 2. The minimum atomic E-state index is -0.318. The molecule has 0 aromatic carbocycles. The summed E-state index contributed by atoms with van der Waals surface area (Å²) in [5.74, 6) is -0.0607. The lowest BCUT2D eigenvalue weighted by Gasteiger charge is -2.11. The van der Waals surface area contributed by atoms with Crippen molar-refractivity contribution in [1.82, 2.24) is 20.3 Å².